The lowest BCUT2D eigenvalue weighted by molar-refractivity contribution is -0.116. The van der Waals surface area contributed by atoms with E-state index in [1.807, 2.05) is 0 Å². The summed E-state index contributed by atoms with van der Waals surface area (Å²) < 4.78 is 24.4. The van der Waals surface area contributed by atoms with Crippen LogP contribution in [0, 0.1) is 0 Å². The summed E-state index contributed by atoms with van der Waals surface area (Å²) in [6, 6.07) is 12.7. The number of benzene rings is 2. The lowest BCUT2D eigenvalue weighted by atomic mass is 10.2. The minimum absolute atomic E-state index is 0.0777. The molecule has 0 spiro atoms. The second-order valence-electron chi connectivity index (χ2n) is 5.57. The topological polar surface area (TPSA) is 111 Å². The highest BCUT2D eigenvalue weighted by atomic mass is 35.7. The number of carbonyl (C=O) groups is 2. The Morgan fingerprint density at radius 1 is 1.12 bits per heavy atom. The molecule has 0 saturated carbocycles. The Kier molecular flexibility index (Phi) is 4.71. The predicted molar refractivity (Wildman–Crippen MR) is 98.6 cm³/mol. The smallest absolute Gasteiger partial charge is 0.261 e. The highest BCUT2D eigenvalue weighted by Crippen LogP contribution is 2.22. The van der Waals surface area contributed by atoms with Crippen LogP contribution in [-0.2, 0) is 20.4 Å². The van der Waals surface area contributed by atoms with Crippen molar-refractivity contribution in [2.24, 2.45) is 5.73 Å². The summed E-state index contributed by atoms with van der Waals surface area (Å²) in [5.41, 5.74) is 6.69. The van der Waals surface area contributed by atoms with Crippen LogP contribution in [0.15, 0.2) is 59.6 Å². The van der Waals surface area contributed by atoms with Crippen LogP contribution in [-0.4, -0.2) is 24.8 Å². The SMILES string of the molecule is NC(=O)c1cn(CC(=O)Nc2cccc(S(=O)(=O)Cl)c2)c2ccccc12. The first-order valence-corrected chi connectivity index (χ1v) is 9.79. The van der Waals surface area contributed by atoms with E-state index in [2.05, 4.69) is 5.32 Å². The largest absolute Gasteiger partial charge is 0.366 e. The third kappa shape index (κ3) is 3.71. The van der Waals surface area contributed by atoms with Crippen molar-refractivity contribution in [3.8, 4) is 0 Å². The van der Waals surface area contributed by atoms with Crippen LogP contribution in [0.4, 0.5) is 5.69 Å². The van der Waals surface area contributed by atoms with Gasteiger partial charge in [0.2, 0.25) is 5.91 Å². The van der Waals surface area contributed by atoms with Gasteiger partial charge in [-0.2, -0.15) is 0 Å². The lowest BCUT2D eigenvalue weighted by Crippen LogP contribution is -2.18. The average Bonchev–Trinajstić information content (AvgIpc) is 2.93. The third-order valence-corrected chi connectivity index (χ3v) is 5.12. The van der Waals surface area contributed by atoms with Crippen LogP contribution in [0.5, 0.6) is 0 Å². The molecule has 0 fully saturated rings. The van der Waals surface area contributed by atoms with E-state index < -0.39 is 20.9 Å². The predicted octanol–water partition coefficient (Wildman–Crippen LogP) is 2.31. The number of hydrogen-bond donors (Lipinski definition) is 2. The molecule has 3 aromatic rings. The fourth-order valence-electron chi connectivity index (χ4n) is 2.65. The standard InChI is InChI=1S/C17H14ClN3O4S/c18-26(24,25)12-5-3-4-11(8-12)20-16(22)10-21-9-14(17(19)23)13-6-1-2-7-15(13)21/h1-9H,10H2,(H2,19,23)(H,20,22). The Labute approximate surface area is 153 Å². The fourth-order valence-corrected chi connectivity index (χ4v) is 3.45. The van der Waals surface area contributed by atoms with E-state index in [9.17, 15) is 18.0 Å². The number of nitrogens with zero attached hydrogens (tertiary/aromatic N) is 1. The van der Waals surface area contributed by atoms with E-state index in [1.54, 1.807) is 34.9 Å². The average molecular weight is 392 g/mol. The molecule has 7 nitrogen and oxygen atoms in total. The Morgan fingerprint density at radius 2 is 1.85 bits per heavy atom. The van der Waals surface area contributed by atoms with Crippen molar-refractivity contribution in [3.05, 3.63) is 60.3 Å². The van der Waals surface area contributed by atoms with Gasteiger partial charge in [-0.15, -0.1) is 0 Å². The first-order chi connectivity index (χ1) is 12.3. The van der Waals surface area contributed by atoms with Gasteiger partial charge in [0.25, 0.3) is 15.0 Å². The van der Waals surface area contributed by atoms with E-state index in [0.29, 0.717) is 22.2 Å². The monoisotopic (exact) mass is 391 g/mol. The van der Waals surface area contributed by atoms with Crippen LogP contribution in [0.1, 0.15) is 10.4 Å². The van der Waals surface area contributed by atoms with Gasteiger partial charge in [-0.1, -0.05) is 24.3 Å². The molecule has 0 aliphatic rings. The summed E-state index contributed by atoms with van der Waals surface area (Å²) in [6.07, 6.45) is 1.52. The molecule has 0 unspecified atom stereocenters. The maximum Gasteiger partial charge on any atom is 0.261 e. The van der Waals surface area contributed by atoms with Crippen molar-refractivity contribution >= 4 is 48.1 Å². The fraction of sp³-hybridized carbons (Fsp3) is 0.0588. The van der Waals surface area contributed by atoms with Gasteiger partial charge < -0.3 is 15.6 Å². The minimum Gasteiger partial charge on any atom is -0.366 e. The highest BCUT2D eigenvalue weighted by molar-refractivity contribution is 8.13. The molecule has 0 radical (unpaired) electrons. The molecule has 0 bridgehead atoms. The number of hydrogen-bond acceptors (Lipinski definition) is 4. The maximum absolute atomic E-state index is 12.3. The number of halogens is 1. The molecule has 0 atom stereocenters. The molecule has 9 heteroatoms. The summed E-state index contributed by atoms with van der Waals surface area (Å²) in [7, 11) is 1.42. The number of para-hydroxylation sites is 1. The van der Waals surface area contributed by atoms with Crippen molar-refractivity contribution in [2.45, 2.75) is 11.4 Å². The van der Waals surface area contributed by atoms with Crippen molar-refractivity contribution in [2.75, 3.05) is 5.32 Å². The third-order valence-electron chi connectivity index (χ3n) is 3.77. The molecule has 26 heavy (non-hydrogen) atoms. The number of fused-ring (bicyclic) bond motifs is 1. The summed E-state index contributed by atoms with van der Waals surface area (Å²) >= 11 is 0. The zero-order valence-corrected chi connectivity index (χ0v) is 14.9. The van der Waals surface area contributed by atoms with Gasteiger partial charge in [0.05, 0.1) is 10.5 Å². The Bertz CT molecular complexity index is 1120. The van der Waals surface area contributed by atoms with Crippen molar-refractivity contribution < 1.29 is 18.0 Å². The summed E-state index contributed by atoms with van der Waals surface area (Å²) in [4.78, 5) is 23.8. The number of nitrogens with one attached hydrogen (secondary N) is 1. The number of amides is 2. The van der Waals surface area contributed by atoms with E-state index in [4.69, 9.17) is 16.4 Å². The Hall–Kier alpha value is -2.84. The molecule has 134 valence electrons. The van der Waals surface area contributed by atoms with E-state index in [-0.39, 0.29) is 11.4 Å². The number of anilines is 1. The first kappa shape index (κ1) is 18.0. The van der Waals surface area contributed by atoms with Crippen LogP contribution < -0.4 is 11.1 Å². The molecular weight excluding hydrogens is 378 g/mol. The first-order valence-electron chi connectivity index (χ1n) is 7.48. The number of primary amides is 1. The van der Waals surface area contributed by atoms with Gasteiger partial charge in [-0.05, 0) is 24.3 Å². The van der Waals surface area contributed by atoms with Gasteiger partial charge in [0, 0.05) is 33.5 Å². The van der Waals surface area contributed by atoms with Gasteiger partial charge >= 0.3 is 0 Å². The van der Waals surface area contributed by atoms with Gasteiger partial charge in [0.15, 0.2) is 0 Å². The second-order valence-corrected chi connectivity index (χ2v) is 8.13. The molecule has 2 aromatic carbocycles. The van der Waals surface area contributed by atoms with Crippen LogP contribution >= 0.6 is 10.7 Å². The Balaban J connectivity index is 1.85. The zero-order valence-electron chi connectivity index (χ0n) is 13.3. The molecule has 3 rings (SSSR count). The number of nitrogens with two attached hydrogens (primary N) is 1. The molecule has 0 aliphatic carbocycles. The maximum atomic E-state index is 12.3. The Morgan fingerprint density at radius 3 is 2.54 bits per heavy atom. The summed E-state index contributed by atoms with van der Waals surface area (Å²) in [5, 5.41) is 3.26. The molecule has 1 heterocycles. The highest BCUT2D eigenvalue weighted by Gasteiger charge is 2.15. The summed E-state index contributed by atoms with van der Waals surface area (Å²) in [6.45, 7) is -0.0777. The quantitative estimate of drug-likeness (QED) is 0.650. The lowest BCUT2D eigenvalue weighted by Gasteiger charge is -2.08. The number of carbonyl (C=O) groups excluding carboxylic acids is 2. The molecule has 0 saturated heterocycles. The summed E-state index contributed by atoms with van der Waals surface area (Å²) in [5.74, 6) is -0.980. The second kappa shape index (κ2) is 6.81. The van der Waals surface area contributed by atoms with E-state index in [0.717, 1.165) is 0 Å². The van der Waals surface area contributed by atoms with Crippen LogP contribution in [0.3, 0.4) is 0 Å². The van der Waals surface area contributed by atoms with Crippen LogP contribution in [0.25, 0.3) is 10.9 Å². The molecule has 0 aliphatic heterocycles. The van der Waals surface area contributed by atoms with E-state index >= 15 is 0 Å². The van der Waals surface area contributed by atoms with Gasteiger partial charge in [0.1, 0.15) is 6.54 Å². The van der Waals surface area contributed by atoms with Crippen LogP contribution in [0.2, 0.25) is 0 Å². The molecular formula is C17H14ClN3O4S. The van der Waals surface area contributed by atoms with Gasteiger partial charge in [-0.3, -0.25) is 9.59 Å². The molecule has 3 N–H and O–H groups in total. The van der Waals surface area contributed by atoms with Crippen molar-refractivity contribution in [1.82, 2.24) is 4.57 Å². The van der Waals surface area contributed by atoms with Gasteiger partial charge in [-0.25, -0.2) is 8.42 Å². The normalized spacial score (nSPS) is 11.4. The molecule has 2 amide bonds. The molecule has 1 aromatic heterocycles. The number of aromatic nitrogens is 1. The number of rotatable bonds is 5. The van der Waals surface area contributed by atoms with Crippen molar-refractivity contribution in [1.29, 1.82) is 0 Å². The van der Waals surface area contributed by atoms with Crippen molar-refractivity contribution in [3.63, 3.8) is 0 Å². The zero-order chi connectivity index (χ0) is 18.9. The minimum atomic E-state index is -3.89. The van der Waals surface area contributed by atoms with E-state index in [1.165, 1.54) is 24.4 Å².